The highest BCUT2D eigenvalue weighted by Crippen LogP contribution is 2.15. The largest absolute Gasteiger partial charge is 0.465 e. The van der Waals surface area contributed by atoms with Gasteiger partial charge >= 0.3 is 5.97 Å². The number of nitriles is 1. The van der Waals surface area contributed by atoms with Crippen LogP contribution in [0.15, 0.2) is 0 Å². The number of ether oxygens (including phenoxy) is 1. The summed E-state index contributed by atoms with van der Waals surface area (Å²) in [5, 5.41) is 8.67. The van der Waals surface area contributed by atoms with E-state index in [1.165, 1.54) is 0 Å². The Morgan fingerprint density at radius 3 is 2.50 bits per heavy atom. The fourth-order valence-corrected chi connectivity index (χ4v) is 0.880. The summed E-state index contributed by atoms with van der Waals surface area (Å²) in [6.07, 6.45) is 0.817. The van der Waals surface area contributed by atoms with Crippen molar-refractivity contribution in [3.05, 3.63) is 0 Å². The quantitative estimate of drug-likeness (QED) is 0.602. The summed E-state index contributed by atoms with van der Waals surface area (Å²) in [7, 11) is 0. The van der Waals surface area contributed by atoms with Gasteiger partial charge < -0.3 is 4.74 Å². The van der Waals surface area contributed by atoms with E-state index in [1.54, 1.807) is 6.92 Å². The number of nitrogens with zero attached hydrogens (tertiary/aromatic N) is 1. The predicted molar refractivity (Wildman–Crippen MR) is 45.2 cm³/mol. The Labute approximate surface area is 73.3 Å². The Kier molecular flexibility index (Phi) is 5.11. The normalized spacial score (nSPS) is 14.5. The summed E-state index contributed by atoms with van der Waals surface area (Å²) in [5.74, 6) is -0.918. The van der Waals surface area contributed by atoms with Crippen LogP contribution in [0.3, 0.4) is 0 Å². The lowest BCUT2D eigenvalue weighted by atomic mass is 9.93. The van der Waals surface area contributed by atoms with Crippen molar-refractivity contribution in [2.75, 3.05) is 6.61 Å². The Balaban J connectivity index is 4.16. The lowest BCUT2D eigenvalue weighted by Crippen LogP contribution is -2.22. The van der Waals surface area contributed by atoms with Crippen LogP contribution in [0, 0.1) is 23.2 Å². The van der Waals surface area contributed by atoms with Crippen molar-refractivity contribution in [1.29, 1.82) is 5.26 Å². The number of hydrogen-bond donors (Lipinski definition) is 0. The van der Waals surface area contributed by atoms with Crippen LogP contribution in [-0.4, -0.2) is 12.6 Å². The van der Waals surface area contributed by atoms with Crippen molar-refractivity contribution < 1.29 is 9.53 Å². The SMILES string of the molecule is CCOC(=O)[C@@H](C#N)C(C)CC. The molecule has 0 radical (unpaired) electrons. The summed E-state index contributed by atoms with van der Waals surface area (Å²) in [6.45, 7) is 5.91. The maximum absolute atomic E-state index is 11.1. The molecule has 0 fully saturated rings. The zero-order chi connectivity index (χ0) is 9.56. The molecular weight excluding hydrogens is 154 g/mol. The highest BCUT2D eigenvalue weighted by atomic mass is 16.5. The van der Waals surface area contributed by atoms with Gasteiger partial charge in [0.1, 0.15) is 5.92 Å². The lowest BCUT2D eigenvalue weighted by Gasteiger charge is -2.13. The van der Waals surface area contributed by atoms with Crippen molar-refractivity contribution in [2.24, 2.45) is 11.8 Å². The minimum absolute atomic E-state index is 0.0778. The third-order valence-electron chi connectivity index (χ3n) is 1.89. The molecule has 0 aliphatic carbocycles. The van der Waals surface area contributed by atoms with E-state index in [4.69, 9.17) is 10.00 Å². The van der Waals surface area contributed by atoms with Crippen LogP contribution < -0.4 is 0 Å². The van der Waals surface area contributed by atoms with Gasteiger partial charge in [0.2, 0.25) is 0 Å². The van der Waals surface area contributed by atoms with E-state index in [9.17, 15) is 4.79 Å². The van der Waals surface area contributed by atoms with Gasteiger partial charge in [-0.25, -0.2) is 0 Å². The fourth-order valence-electron chi connectivity index (χ4n) is 0.880. The first-order chi connectivity index (χ1) is 5.67. The van der Waals surface area contributed by atoms with Gasteiger partial charge in [-0.3, -0.25) is 4.79 Å². The van der Waals surface area contributed by atoms with Crippen LogP contribution in [0.4, 0.5) is 0 Å². The van der Waals surface area contributed by atoms with Gasteiger partial charge in [-0.15, -0.1) is 0 Å². The zero-order valence-corrected chi connectivity index (χ0v) is 7.83. The lowest BCUT2D eigenvalue weighted by molar-refractivity contribution is -0.147. The molecule has 3 heteroatoms. The average Bonchev–Trinajstić information content (AvgIpc) is 2.06. The molecule has 2 atom stereocenters. The van der Waals surface area contributed by atoms with E-state index in [1.807, 2.05) is 19.9 Å². The van der Waals surface area contributed by atoms with E-state index >= 15 is 0 Å². The molecule has 3 nitrogen and oxygen atoms in total. The molecule has 0 aliphatic rings. The third kappa shape index (κ3) is 2.91. The maximum Gasteiger partial charge on any atom is 0.323 e. The number of hydrogen-bond acceptors (Lipinski definition) is 3. The van der Waals surface area contributed by atoms with Gasteiger partial charge in [-0.05, 0) is 12.8 Å². The predicted octanol–water partition coefficient (Wildman–Crippen LogP) is 1.74. The van der Waals surface area contributed by atoms with E-state index in [-0.39, 0.29) is 5.92 Å². The van der Waals surface area contributed by atoms with Crippen LogP contribution in [0.1, 0.15) is 27.2 Å². The second-order valence-electron chi connectivity index (χ2n) is 2.74. The van der Waals surface area contributed by atoms with Gasteiger partial charge in [0, 0.05) is 0 Å². The van der Waals surface area contributed by atoms with Crippen molar-refractivity contribution in [3.8, 4) is 6.07 Å². The molecule has 0 spiro atoms. The molecule has 0 aliphatic heterocycles. The van der Waals surface area contributed by atoms with Crippen LogP contribution >= 0.6 is 0 Å². The molecule has 0 bridgehead atoms. The van der Waals surface area contributed by atoms with Crippen molar-refractivity contribution in [2.45, 2.75) is 27.2 Å². The topological polar surface area (TPSA) is 50.1 Å². The molecule has 0 heterocycles. The summed E-state index contributed by atoms with van der Waals surface area (Å²) in [6, 6.07) is 1.96. The molecule has 12 heavy (non-hydrogen) atoms. The average molecular weight is 169 g/mol. The molecular formula is C9H15NO2. The molecule has 0 aromatic heterocycles. The molecule has 0 saturated heterocycles. The van der Waals surface area contributed by atoms with Crippen molar-refractivity contribution in [1.82, 2.24) is 0 Å². The molecule has 0 saturated carbocycles. The van der Waals surface area contributed by atoms with Crippen molar-refractivity contribution >= 4 is 5.97 Å². The first kappa shape index (κ1) is 11.0. The van der Waals surface area contributed by atoms with Crippen LogP contribution in [0.5, 0.6) is 0 Å². The third-order valence-corrected chi connectivity index (χ3v) is 1.89. The Morgan fingerprint density at radius 1 is 1.58 bits per heavy atom. The van der Waals surface area contributed by atoms with E-state index in [0.29, 0.717) is 6.61 Å². The van der Waals surface area contributed by atoms with Gasteiger partial charge in [-0.2, -0.15) is 5.26 Å². The van der Waals surface area contributed by atoms with Gasteiger partial charge in [0.15, 0.2) is 0 Å². The van der Waals surface area contributed by atoms with Crippen LogP contribution in [0.25, 0.3) is 0 Å². The molecule has 0 amide bonds. The zero-order valence-electron chi connectivity index (χ0n) is 7.83. The highest BCUT2D eigenvalue weighted by Gasteiger charge is 2.24. The summed E-state index contributed by atoms with van der Waals surface area (Å²) >= 11 is 0. The second kappa shape index (κ2) is 5.59. The van der Waals surface area contributed by atoms with E-state index in [2.05, 4.69) is 0 Å². The molecule has 0 aromatic carbocycles. The molecule has 0 rings (SSSR count). The first-order valence-electron chi connectivity index (χ1n) is 4.23. The second-order valence-corrected chi connectivity index (χ2v) is 2.74. The maximum atomic E-state index is 11.1. The Hall–Kier alpha value is -1.04. The summed E-state index contributed by atoms with van der Waals surface area (Å²) in [4.78, 5) is 11.1. The van der Waals surface area contributed by atoms with Gasteiger partial charge in [0.05, 0.1) is 12.7 Å². The summed E-state index contributed by atoms with van der Waals surface area (Å²) < 4.78 is 4.76. The highest BCUT2D eigenvalue weighted by molar-refractivity contribution is 5.75. The molecule has 0 aromatic rings. The number of esters is 1. The number of carbonyl (C=O) groups excluding carboxylic acids is 1. The Morgan fingerprint density at radius 2 is 2.17 bits per heavy atom. The van der Waals surface area contributed by atoms with E-state index in [0.717, 1.165) is 6.42 Å². The van der Waals surface area contributed by atoms with Crippen LogP contribution in [0.2, 0.25) is 0 Å². The smallest absolute Gasteiger partial charge is 0.323 e. The van der Waals surface area contributed by atoms with Gasteiger partial charge in [0.25, 0.3) is 0 Å². The van der Waals surface area contributed by atoms with E-state index < -0.39 is 11.9 Å². The summed E-state index contributed by atoms with van der Waals surface area (Å²) in [5.41, 5.74) is 0. The minimum Gasteiger partial charge on any atom is -0.465 e. The molecule has 68 valence electrons. The Bertz CT molecular complexity index is 183. The van der Waals surface area contributed by atoms with Crippen LogP contribution in [-0.2, 0) is 9.53 Å². The van der Waals surface area contributed by atoms with Gasteiger partial charge in [-0.1, -0.05) is 20.3 Å². The molecule has 1 unspecified atom stereocenters. The standard InChI is InChI=1S/C9H15NO2/c1-4-7(3)8(6-10)9(11)12-5-2/h7-8H,4-5H2,1-3H3/t7?,8-/m0/s1. The number of carbonyl (C=O) groups is 1. The monoisotopic (exact) mass is 169 g/mol. The first-order valence-corrected chi connectivity index (χ1v) is 4.23. The molecule has 0 N–H and O–H groups in total. The number of rotatable bonds is 4. The fraction of sp³-hybridized carbons (Fsp3) is 0.778. The minimum atomic E-state index is -0.602. The van der Waals surface area contributed by atoms with Crippen molar-refractivity contribution in [3.63, 3.8) is 0 Å².